The van der Waals surface area contributed by atoms with Gasteiger partial charge in [-0.25, -0.2) is 0 Å². The van der Waals surface area contributed by atoms with Crippen LogP contribution in [0.2, 0.25) is 0 Å². The maximum Gasteiger partial charge on any atom is 0.143 e. The van der Waals surface area contributed by atoms with E-state index < -0.39 is 0 Å². The second kappa shape index (κ2) is 19.6. The minimum atomic E-state index is -0.197. The molecule has 0 spiro atoms. The summed E-state index contributed by atoms with van der Waals surface area (Å²) in [6.07, 6.45) is 0. The molecule has 0 aliphatic rings. The molecule has 0 amide bonds. The third-order valence-electron chi connectivity index (χ3n) is 14.3. The Labute approximate surface area is 472 Å². The van der Waals surface area contributed by atoms with Gasteiger partial charge in [-0.2, -0.15) is 0 Å². The molecule has 1 heterocycles. The summed E-state index contributed by atoms with van der Waals surface area (Å²) in [5, 5.41) is 3.68. The normalized spacial score (nSPS) is 11.5. The molecular formula is C52H13B22NO. The zero-order valence-electron chi connectivity index (χ0n) is 40.6. The van der Waals surface area contributed by atoms with Crippen LogP contribution in [0.15, 0.2) is 83.3 Å². The maximum absolute atomic E-state index is 7.20. The van der Waals surface area contributed by atoms with Crippen LogP contribution in [0.3, 0.4) is 0 Å². The highest BCUT2D eigenvalue weighted by Gasteiger charge is 2.29. The molecule has 0 N–H and O–H groups in total. The van der Waals surface area contributed by atoms with Crippen molar-refractivity contribution in [1.82, 2.24) is 0 Å². The van der Waals surface area contributed by atoms with E-state index in [1.165, 1.54) is 4.90 Å². The first kappa shape index (κ1) is 53.7. The zero-order chi connectivity index (χ0) is 55.0. The highest BCUT2D eigenvalue weighted by molar-refractivity contribution is 6.74. The smallest absolute Gasteiger partial charge is 0.143 e. The predicted octanol–water partition coefficient (Wildman–Crippen LogP) is -11.7. The summed E-state index contributed by atoms with van der Waals surface area (Å²) in [5.74, 6) is 0. The summed E-state index contributed by atoms with van der Waals surface area (Å²) in [7, 11) is 147. The van der Waals surface area contributed by atoms with Crippen LogP contribution < -0.4 is 125 Å². The standard InChI is InChI=1S/C52H13B22NO/c53-28-22(24-32(57)40(65)44(69)41(66)33(24)58)29(54)31(56)23(30(28)55)26-36(61)46(71)50(47(72)37(26)62)75(51-48(73)38(63)27(39(64)49(51)74)25-34(59)42(67)45(70)43(68)35(25)60)16-7-3-6-15(13-16)17-9-4-10-20-21(17)19-12-11-14-5-1-2-8-18(14)52(19)76-20/h1-13H. The molecule has 76 heavy (non-hydrogen) atoms. The van der Waals surface area contributed by atoms with Crippen LogP contribution in [-0.2, 0) is 0 Å². The van der Waals surface area contributed by atoms with Gasteiger partial charge in [-0.1, -0.05) is 142 Å². The highest BCUT2D eigenvalue weighted by atomic mass is 16.3. The van der Waals surface area contributed by atoms with E-state index in [9.17, 15) is 0 Å². The van der Waals surface area contributed by atoms with Crippen LogP contribution in [0.5, 0.6) is 0 Å². The molecule has 0 aliphatic carbocycles. The number of hydrogen-bond acceptors (Lipinski definition) is 2. The molecule has 298 valence electrons. The SMILES string of the molecule is [B]c1c([B])c([B])c(-c2c([B])c([B])c(-c3c([B])c([B])c(N(c4cccc(-c5cccc6oc7c8ccccc8ccc7c56)c4)c4c([B])c([B])c(-c5c([B])c([B])c([B])c([B])c5[B])c([B])c4[B])c([B])c3[B])c([B])c2[B])c([B])c1[B]. The first-order chi connectivity index (χ1) is 35.9. The molecule has 24 heteroatoms. The molecule has 0 bridgehead atoms. The Kier molecular flexibility index (Phi) is 13.9. The number of furan rings is 1. The van der Waals surface area contributed by atoms with E-state index in [2.05, 4.69) is 0 Å². The van der Waals surface area contributed by atoms with E-state index in [4.69, 9.17) is 177 Å². The molecule has 0 unspecified atom stereocenters. The third kappa shape index (κ3) is 7.86. The van der Waals surface area contributed by atoms with Gasteiger partial charge in [0.1, 0.15) is 184 Å². The number of fused-ring (bicyclic) bond motifs is 5. The lowest BCUT2D eigenvalue weighted by molar-refractivity contribution is 0.673. The Morgan fingerprint density at radius 3 is 1.07 bits per heavy atom. The highest BCUT2D eigenvalue weighted by Crippen LogP contribution is 2.41. The monoisotopic (exact) mass is 909 g/mol. The fourth-order valence-corrected chi connectivity index (χ4v) is 10.2. The third-order valence-corrected chi connectivity index (χ3v) is 14.3. The summed E-state index contributed by atoms with van der Waals surface area (Å²) in [5.41, 5.74) is 0.326. The van der Waals surface area contributed by atoms with Crippen molar-refractivity contribution < 1.29 is 4.42 Å². The van der Waals surface area contributed by atoms with Crippen molar-refractivity contribution in [3.8, 4) is 44.5 Å². The Bertz CT molecular complexity index is 4080. The quantitative estimate of drug-likeness (QED) is 0.148. The van der Waals surface area contributed by atoms with Gasteiger partial charge in [0.25, 0.3) is 0 Å². The van der Waals surface area contributed by atoms with Gasteiger partial charge in [0.05, 0.1) is 0 Å². The fraction of sp³-hybridized carbons (Fsp3) is 0. The van der Waals surface area contributed by atoms with Gasteiger partial charge < -0.3 is 9.32 Å². The molecule has 9 aromatic carbocycles. The van der Waals surface area contributed by atoms with Crippen molar-refractivity contribution in [2.45, 2.75) is 0 Å². The van der Waals surface area contributed by atoms with E-state index in [1.807, 2.05) is 66.7 Å². The van der Waals surface area contributed by atoms with Gasteiger partial charge in [-0.05, 0) is 74.2 Å². The number of anilines is 3. The van der Waals surface area contributed by atoms with E-state index in [0.29, 0.717) is 16.8 Å². The number of benzene rings is 9. The second-order valence-electron chi connectivity index (χ2n) is 18.4. The molecule has 0 saturated heterocycles. The lowest BCUT2D eigenvalue weighted by Crippen LogP contribution is -2.57. The lowest BCUT2D eigenvalue weighted by atomic mass is 9.55. The van der Waals surface area contributed by atoms with Crippen molar-refractivity contribution in [1.29, 1.82) is 0 Å². The predicted molar refractivity (Wildman–Crippen MR) is 346 cm³/mol. The van der Waals surface area contributed by atoms with Crippen molar-refractivity contribution in [2.75, 3.05) is 4.90 Å². The Morgan fingerprint density at radius 1 is 0.289 bits per heavy atom. The lowest BCUT2D eigenvalue weighted by Gasteiger charge is -2.38. The number of rotatable bonds is 7. The van der Waals surface area contributed by atoms with E-state index in [0.717, 1.165) is 32.7 Å². The van der Waals surface area contributed by atoms with Crippen LogP contribution in [0.1, 0.15) is 0 Å². The molecule has 0 atom stereocenters. The van der Waals surface area contributed by atoms with Crippen LogP contribution in [0.25, 0.3) is 77.2 Å². The van der Waals surface area contributed by atoms with Crippen molar-refractivity contribution in [3.05, 3.63) is 78.9 Å². The van der Waals surface area contributed by atoms with E-state index >= 15 is 0 Å². The number of hydrogen-bond donors (Lipinski definition) is 0. The van der Waals surface area contributed by atoms with Crippen LogP contribution >= 0.6 is 0 Å². The van der Waals surface area contributed by atoms with Gasteiger partial charge in [0.15, 0.2) is 0 Å². The molecule has 1 aromatic heterocycles. The summed E-state index contributed by atoms with van der Waals surface area (Å²) < 4.78 is 6.55. The molecular weight excluding hydrogens is 892 g/mol. The molecule has 44 radical (unpaired) electrons. The summed E-state index contributed by atoms with van der Waals surface area (Å²) in [4.78, 5) is 1.52. The minimum Gasteiger partial charge on any atom is -0.455 e. The van der Waals surface area contributed by atoms with Crippen molar-refractivity contribution in [3.63, 3.8) is 0 Å². The Morgan fingerprint density at radius 2 is 0.645 bits per heavy atom. The van der Waals surface area contributed by atoms with Gasteiger partial charge in [0.2, 0.25) is 0 Å². The average molecular weight is 906 g/mol. The van der Waals surface area contributed by atoms with Crippen LogP contribution in [-0.4, -0.2) is 173 Å². The minimum absolute atomic E-state index is 0.0119. The van der Waals surface area contributed by atoms with Crippen LogP contribution in [0, 0.1) is 0 Å². The molecule has 0 fully saturated rings. The molecule has 0 aliphatic heterocycles. The first-order valence-electron chi connectivity index (χ1n) is 23.0. The van der Waals surface area contributed by atoms with Gasteiger partial charge in [-0.3, -0.25) is 0 Å². The Hall–Kier alpha value is -5.73. The zero-order valence-corrected chi connectivity index (χ0v) is 40.6. The summed E-state index contributed by atoms with van der Waals surface area (Å²) in [6.45, 7) is 0. The number of nitrogens with zero attached hydrogens (tertiary/aromatic N) is 1. The van der Waals surface area contributed by atoms with Crippen molar-refractivity contribution >= 4 is 343 Å². The summed E-state index contributed by atoms with van der Waals surface area (Å²) >= 11 is 0. The Balaban J connectivity index is 1.25. The van der Waals surface area contributed by atoms with Gasteiger partial charge in [0, 0.05) is 33.2 Å². The fourth-order valence-electron chi connectivity index (χ4n) is 10.2. The van der Waals surface area contributed by atoms with E-state index in [1.54, 1.807) is 12.1 Å². The molecule has 10 rings (SSSR count). The first-order valence-corrected chi connectivity index (χ1v) is 23.0. The largest absolute Gasteiger partial charge is 0.455 e. The van der Waals surface area contributed by atoms with E-state index in [-0.39, 0.29) is 165 Å². The van der Waals surface area contributed by atoms with Gasteiger partial charge in [-0.15, -0.1) is 32.8 Å². The topological polar surface area (TPSA) is 16.4 Å². The van der Waals surface area contributed by atoms with Crippen molar-refractivity contribution in [2.24, 2.45) is 0 Å². The van der Waals surface area contributed by atoms with Crippen LogP contribution in [0.4, 0.5) is 17.1 Å². The molecule has 10 aromatic rings. The molecule has 0 saturated carbocycles. The molecule has 2 nitrogen and oxygen atoms in total. The second-order valence-corrected chi connectivity index (χ2v) is 18.4. The summed E-state index contributed by atoms with van der Waals surface area (Å²) in [6, 6.07) is 25.1. The maximum atomic E-state index is 7.20. The van der Waals surface area contributed by atoms with Gasteiger partial charge >= 0.3 is 0 Å². The average Bonchev–Trinajstić information content (AvgIpc) is 3.83.